The summed E-state index contributed by atoms with van der Waals surface area (Å²) in [5, 5.41) is 8.56. The van der Waals surface area contributed by atoms with Crippen LogP contribution in [0.1, 0.15) is 16.8 Å². The van der Waals surface area contributed by atoms with Crippen LogP contribution in [-0.2, 0) is 13.0 Å². The molecular weight excluding hydrogens is 246 g/mol. The molecule has 18 heavy (non-hydrogen) atoms. The molecule has 0 aliphatic rings. The minimum atomic E-state index is 0.697. The first kappa shape index (κ1) is 11.2. The average molecular weight is 259 g/mol. The molecule has 0 amide bonds. The number of nitrogens with one attached hydrogen (secondary N) is 1. The maximum atomic E-state index is 4.38. The van der Waals surface area contributed by atoms with Crippen LogP contribution in [0.3, 0.4) is 0 Å². The first-order chi connectivity index (χ1) is 8.86. The molecule has 0 unspecified atom stereocenters. The first-order valence-electron chi connectivity index (χ1n) is 5.82. The molecule has 0 saturated heterocycles. The second-order valence-corrected chi connectivity index (χ2v) is 5.06. The number of thiazole rings is 1. The van der Waals surface area contributed by atoms with E-state index in [2.05, 4.69) is 27.3 Å². The number of hydrogen-bond acceptors (Lipinski definition) is 5. The molecule has 5 nitrogen and oxygen atoms in total. The summed E-state index contributed by atoms with van der Waals surface area (Å²) in [5.74, 6) is 0.836. The molecule has 6 heteroatoms. The number of aryl methyl sites for hydroxylation is 1. The van der Waals surface area contributed by atoms with Crippen LogP contribution in [0.4, 0.5) is 5.82 Å². The van der Waals surface area contributed by atoms with E-state index in [0.29, 0.717) is 6.54 Å². The fourth-order valence-corrected chi connectivity index (χ4v) is 2.55. The Labute approximate surface area is 109 Å². The minimum Gasteiger partial charge on any atom is -0.362 e. The van der Waals surface area contributed by atoms with Gasteiger partial charge < -0.3 is 5.32 Å². The van der Waals surface area contributed by atoms with Crippen LogP contribution in [0.2, 0.25) is 0 Å². The molecular formula is C12H13N5S. The Balaban J connectivity index is 1.78. The Morgan fingerprint density at radius 1 is 1.33 bits per heavy atom. The van der Waals surface area contributed by atoms with Gasteiger partial charge in [-0.05, 0) is 12.5 Å². The summed E-state index contributed by atoms with van der Waals surface area (Å²) in [5.41, 5.74) is 0.977. The lowest BCUT2D eigenvalue weighted by Gasteiger charge is -2.04. The molecule has 92 valence electrons. The molecule has 3 aromatic heterocycles. The highest BCUT2D eigenvalue weighted by atomic mass is 32.1. The van der Waals surface area contributed by atoms with Crippen LogP contribution in [0, 0.1) is 0 Å². The number of nitrogens with zero attached hydrogens (tertiary/aromatic N) is 4. The number of rotatable bonds is 4. The predicted molar refractivity (Wildman–Crippen MR) is 71.8 cm³/mol. The normalized spacial score (nSPS) is 10.9. The molecule has 0 fully saturated rings. The van der Waals surface area contributed by atoms with Crippen LogP contribution >= 0.6 is 11.3 Å². The maximum Gasteiger partial charge on any atom is 0.152 e. The summed E-state index contributed by atoms with van der Waals surface area (Å²) >= 11 is 1.74. The van der Waals surface area contributed by atoms with Crippen molar-refractivity contribution >= 4 is 22.7 Å². The lowest BCUT2D eigenvalue weighted by Crippen LogP contribution is -2.03. The van der Waals surface area contributed by atoms with Crippen LogP contribution < -0.4 is 5.32 Å². The van der Waals surface area contributed by atoms with E-state index in [0.717, 1.165) is 22.8 Å². The summed E-state index contributed by atoms with van der Waals surface area (Å²) in [6.07, 6.45) is 8.31. The smallest absolute Gasteiger partial charge is 0.152 e. The topological polar surface area (TPSA) is 55.1 Å². The number of fused-ring (bicyclic) bond motifs is 1. The highest BCUT2D eigenvalue weighted by Gasteiger charge is 2.04. The van der Waals surface area contributed by atoms with Crippen LogP contribution in [0.25, 0.3) is 5.52 Å². The fraction of sp³-hybridized carbons (Fsp3) is 0.250. The van der Waals surface area contributed by atoms with Crippen molar-refractivity contribution in [1.82, 2.24) is 19.6 Å². The van der Waals surface area contributed by atoms with Crippen molar-refractivity contribution in [3.8, 4) is 0 Å². The lowest BCUT2D eigenvalue weighted by molar-refractivity contribution is 0.941. The van der Waals surface area contributed by atoms with Gasteiger partial charge in [-0.15, -0.1) is 11.3 Å². The number of hydrogen-bond donors (Lipinski definition) is 1. The van der Waals surface area contributed by atoms with Gasteiger partial charge in [-0.3, -0.25) is 0 Å². The second-order valence-electron chi connectivity index (χ2n) is 3.86. The van der Waals surface area contributed by atoms with Gasteiger partial charge in [0.05, 0.1) is 12.7 Å². The Kier molecular flexibility index (Phi) is 2.93. The molecule has 0 aliphatic heterocycles. The number of aromatic nitrogens is 4. The zero-order chi connectivity index (χ0) is 12.4. The highest BCUT2D eigenvalue weighted by molar-refractivity contribution is 7.11. The standard InChI is InChI=1S/C12H13N5S/c1-2-9-7-14-11(18-9)8-15-12-10-3-4-16-17(10)6-5-13-12/h3-7H,2,8H2,1H3,(H,13,15). The molecule has 1 N–H and O–H groups in total. The van der Waals surface area contributed by atoms with E-state index in [9.17, 15) is 0 Å². The second kappa shape index (κ2) is 4.73. The van der Waals surface area contributed by atoms with Gasteiger partial charge >= 0.3 is 0 Å². The largest absolute Gasteiger partial charge is 0.362 e. The maximum absolute atomic E-state index is 4.38. The van der Waals surface area contributed by atoms with E-state index in [1.165, 1.54) is 4.88 Å². The molecule has 3 heterocycles. The molecule has 0 spiro atoms. The van der Waals surface area contributed by atoms with Crippen molar-refractivity contribution in [2.24, 2.45) is 0 Å². The van der Waals surface area contributed by atoms with E-state index < -0.39 is 0 Å². The van der Waals surface area contributed by atoms with Crippen LogP contribution in [-0.4, -0.2) is 19.6 Å². The van der Waals surface area contributed by atoms with Crippen molar-refractivity contribution in [2.45, 2.75) is 19.9 Å². The molecule has 0 bridgehead atoms. The quantitative estimate of drug-likeness (QED) is 0.781. The molecule has 0 radical (unpaired) electrons. The monoisotopic (exact) mass is 259 g/mol. The summed E-state index contributed by atoms with van der Waals surface area (Å²) < 4.78 is 1.80. The lowest BCUT2D eigenvalue weighted by atomic mass is 10.4. The van der Waals surface area contributed by atoms with Crippen molar-refractivity contribution in [1.29, 1.82) is 0 Å². The van der Waals surface area contributed by atoms with Crippen LogP contribution in [0.5, 0.6) is 0 Å². The third-order valence-electron chi connectivity index (χ3n) is 2.68. The van der Waals surface area contributed by atoms with E-state index in [4.69, 9.17) is 0 Å². The van der Waals surface area contributed by atoms with Crippen molar-refractivity contribution in [2.75, 3.05) is 5.32 Å². The highest BCUT2D eigenvalue weighted by Crippen LogP contribution is 2.17. The number of anilines is 1. The zero-order valence-electron chi connectivity index (χ0n) is 10.00. The van der Waals surface area contributed by atoms with Crippen molar-refractivity contribution in [3.63, 3.8) is 0 Å². The van der Waals surface area contributed by atoms with Gasteiger partial charge in [-0.2, -0.15) is 5.10 Å². The minimum absolute atomic E-state index is 0.697. The van der Waals surface area contributed by atoms with E-state index >= 15 is 0 Å². The van der Waals surface area contributed by atoms with Crippen molar-refractivity contribution < 1.29 is 0 Å². The molecule has 0 atom stereocenters. The van der Waals surface area contributed by atoms with Gasteiger partial charge in [0.25, 0.3) is 0 Å². The summed E-state index contributed by atoms with van der Waals surface area (Å²) in [6, 6.07) is 1.94. The summed E-state index contributed by atoms with van der Waals surface area (Å²) in [6.45, 7) is 2.84. The van der Waals surface area contributed by atoms with Gasteiger partial charge in [0.2, 0.25) is 0 Å². The van der Waals surface area contributed by atoms with Gasteiger partial charge in [-0.25, -0.2) is 14.5 Å². The SMILES string of the molecule is CCc1cnc(CNc2nccn3nccc23)s1. The Hall–Kier alpha value is -1.95. The molecule has 0 saturated carbocycles. The van der Waals surface area contributed by atoms with Gasteiger partial charge in [-0.1, -0.05) is 6.92 Å². The third kappa shape index (κ3) is 2.06. The molecule has 0 aromatic carbocycles. The van der Waals surface area contributed by atoms with Crippen LogP contribution in [0.15, 0.2) is 30.9 Å². The van der Waals surface area contributed by atoms with Gasteiger partial charge in [0.1, 0.15) is 10.5 Å². The van der Waals surface area contributed by atoms with E-state index in [1.807, 2.05) is 18.5 Å². The average Bonchev–Trinajstić information content (AvgIpc) is 3.05. The Morgan fingerprint density at radius 2 is 2.28 bits per heavy atom. The fourth-order valence-electron chi connectivity index (χ4n) is 1.75. The predicted octanol–water partition coefficient (Wildman–Crippen LogP) is 2.36. The van der Waals surface area contributed by atoms with Gasteiger partial charge in [0, 0.05) is 23.5 Å². The van der Waals surface area contributed by atoms with Crippen molar-refractivity contribution in [3.05, 3.63) is 40.7 Å². The Bertz CT molecular complexity index is 657. The Morgan fingerprint density at radius 3 is 3.11 bits per heavy atom. The molecule has 0 aliphatic carbocycles. The third-order valence-corrected chi connectivity index (χ3v) is 3.82. The zero-order valence-corrected chi connectivity index (χ0v) is 10.8. The first-order valence-corrected chi connectivity index (χ1v) is 6.64. The van der Waals surface area contributed by atoms with Gasteiger partial charge in [0.15, 0.2) is 5.82 Å². The summed E-state index contributed by atoms with van der Waals surface area (Å²) in [7, 11) is 0. The molecule has 3 aromatic rings. The molecule has 3 rings (SSSR count). The van der Waals surface area contributed by atoms with E-state index in [1.54, 1.807) is 28.2 Å². The summed E-state index contributed by atoms with van der Waals surface area (Å²) in [4.78, 5) is 10.0. The van der Waals surface area contributed by atoms with E-state index in [-0.39, 0.29) is 0 Å².